The van der Waals surface area contributed by atoms with Crippen LogP contribution >= 0.6 is 0 Å². The maximum atomic E-state index is 12.4. The first kappa shape index (κ1) is 37.1. The van der Waals surface area contributed by atoms with E-state index in [2.05, 4.69) is 11.7 Å². The van der Waals surface area contributed by atoms with E-state index in [4.69, 9.17) is 4.74 Å². The fourth-order valence-corrected chi connectivity index (χ4v) is 4.39. The Kier molecular flexibility index (Phi) is 22.3. The van der Waals surface area contributed by atoms with Crippen molar-refractivity contribution in [1.82, 2.24) is 0 Å². The molecule has 0 aliphatic heterocycles. The van der Waals surface area contributed by atoms with E-state index in [0.717, 1.165) is 26.2 Å². The molecule has 0 aliphatic carbocycles. The molecule has 0 N–H and O–H groups in total. The normalized spacial score (nSPS) is 12.0. The molecule has 0 aromatic heterocycles. The van der Waals surface area contributed by atoms with Gasteiger partial charge in [0.05, 0.1) is 17.7 Å². The zero-order chi connectivity index (χ0) is 27.4. The second-order valence-corrected chi connectivity index (χ2v) is 11.5. The molecule has 1 aromatic carbocycles. The third-order valence-corrected chi connectivity index (χ3v) is 7.44. The minimum Gasteiger partial charge on any atom is -0.745 e. The summed E-state index contributed by atoms with van der Waals surface area (Å²) in [4.78, 5) is 24.7. The first-order valence-corrected chi connectivity index (χ1v) is 15.7. The zero-order valence-electron chi connectivity index (χ0n) is 23.9. The maximum Gasteiger partial charge on any atom is 1.00 e. The van der Waals surface area contributed by atoms with Gasteiger partial charge in [0.25, 0.3) is 0 Å². The number of ether oxygens (including phenoxy) is 2. The molecule has 212 valence electrons. The molecule has 0 heterocycles. The van der Waals surface area contributed by atoms with Gasteiger partial charge in [0.2, 0.25) is 0 Å². The van der Waals surface area contributed by atoms with Crippen molar-refractivity contribution in [3.05, 3.63) is 35.4 Å². The monoisotopic (exact) mass is 562 g/mol. The topological polar surface area (TPSA) is 110 Å². The van der Waals surface area contributed by atoms with E-state index in [9.17, 15) is 22.6 Å². The van der Waals surface area contributed by atoms with Crippen molar-refractivity contribution in [1.29, 1.82) is 0 Å². The Morgan fingerprint density at radius 2 is 1.08 bits per heavy atom. The second kappa shape index (κ2) is 22.8. The number of carbonyl (C=O) groups excluding carboxylic acids is 2. The molecule has 0 saturated carbocycles. The van der Waals surface area contributed by atoms with E-state index in [1.165, 1.54) is 108 Å². The molecule has 1 unspecified atom stereocenters. The van der Waals surface area contributed by atoms with E-state index in [1.807, 2.05) is 0 Å². The van der Waals surface area contributed by atoms with Crippen molar-refractivity contribution in [2.24, 2.45) is 0 Å². The van der Waals surface area contributed by atoms with Crippen LogP contribution in [0.2, 0.25) is 0 Å². The zero-order valence-corrected chi connectivity index (χ0v) is 26.7. The molecular formula is C29H47NaO7S. The Balaban J connectivity index is 0.0000137. The molecule has 9 heteroatoms. The van der Waals surface area contributed by atoms with Gasteiger partial charge in [-0.05, 0) is 25.5 Å². The summed E-state index contributed by atoms with van der Waals surface area (Å²) < 4.78 is 42.9. The number of unbranched alkanes of at least 4 members (excludes halogenated alkanes) is 16. The third-order valence-electron chi connectivity index (χ3n) is 6.53. The number of rotatable bonds is 22. The molecule has 7 nitrogen and oxygen atoms in total. The smallest absolute Gasteiger partial charge is 0.745 e. The molecule has 0 aliphatic rings. The molecule has 0 bridgehead atoms. The van der Waals surface area contributed by atoms with Crippen LogP contribution < -0.4 is 29.6 Å². The van der Waals surface area contributed by atoms with Crippen molar-refractivity contribution in [2.45, 2.75) is 128 Å². The molecule has 0 fully saturated rings. The minimum atomic E-state index is -4.79. The van der Waals surface area contributed by atoms with Gasteiger partial charge in [-0.3, -0.25) is 0 Å². The molecule has 0 spiro atoms. The molecule has 0 saturated heterocycles. The number of carbonyl (C=O) groups is 2. The number of benzene rings is 1. The predicted octanol–water partition coefficient (Wildman–Crippen LogP) is 4.55. The van der Waals surface area contributed by atoms with Gasteiger partial charge in [0.15, 0.2) is 5.44 Å². The van der Waals surface area contributed by atoms with E-state index < -0.39 is 27.5 Å². The Bertz CT molecular complexity index is 873. The van der Waals surface area contributed by atoms with Crippen LogP contribution in [0.4, 0.5) is 0 Å². The van der Waals surface area contributed by atoms with E-state index in [1.54, 1.807) is 6.07 Å². The van der Waals surface area contributed by atoms with Crippen LogP contribution in [0.5, 0.6) is 0 Å². The summed E-state index contributed by atoms with van der Waals surface area (Å²) in [5, 5.41) is 0. The largest absolute Gasteiger partial charge is 1.00 e. The second-order valence-electron chi connectivity index (χ2n) is 9.80. The van der Waals surface area contributed by atoms with Crippen LogP contribution in [0, 0.1) is 0 Å². The first-order chi connectivity index (χ1) is 17.8. The third kappa shape index (κ3) is 17.6. The summed E-state index contributed by atoms with van der Waals surface area (Å²) in [7, 11) is -4.79. The molecule has 0 amide bonds. The Morgan fingerprint density at radius 1 is 0.711 bits per heavy atom. The van der Waals surface area contributed by atoms with Crippen molar-refractivity contribution in [2.75, 3.05) is 6.61 Å². The summed E-state index contributed by atoms with van der Waals surface area (Å²) >= 11 is 0. The molecular weight excluding hydrogens is 515 g/mol. The molecule has 1 aromatic rings. The average molecular weight is 563 g/mol. The van der Waals surface area contributed by atoms with Gasteiger partial charge in [0.1, 0.15) is 10.1 Å². The Hall–Kier alpha value is -0.930. The standard InChI is InChI=1S/C29H48O7S.Na/c1-3-4-5-6-7-8-9-10-11-12-13-14-15-16-17-18-21-24-35-28(30)26-22-19-20-23-27(26)29(31)36-25(2)37(32,33)34;/h19-20,22-23,25H,3-18,21,24H2,1-2H3,(H,32,33,34);/q;+1/p-1. The van der Waals surface area contributed by atoms with Crippen LogP contribution in [-0.4, -0.2) is 37.0 Å². The Morgan fingerprint density at radius 3 is 1.47 bits per heavy atom. The van der Waals surface area contributed by atoms with Gasteiger partial charge in [-0.2, -0.15) is 0 Å². The maximum absolute atomic E-state index is 12.4. The molecule has 1 rings (SSSR count). The summed E-state index contributed by atoms with van der Waals surface area (Å²) in [6.45, 7) is 3.47. The van der Waals surface area contributed by atoms with Crippen LogP contribution in [-0.2, 0) is 19.6 Å². The number of hydrogen-bond donors (Lipinski definition) is 0. The Labute approximate surface area is 252 Å². The van der Waals surface area contributed by atoms with Crippen LogP contribution in [0.3, 0.4) is 0 Å². The van der Waals surface area contributed by atoms with Gasteiger partial charge in [-0.25, -0.2) is 18.0 Å². The quantitative estimate of drug-likeness (QED) is 0.0883. The van der Waals surface area contributed by atoms with Gasteiger partial charge >= 0.3 is 41.5 Å². The molecule has 38 heavy (non-hydrogen) atoms. The summed E-state index contributed by atoms with van der Waals surface area (Å²) in [6.07, 6.45) is 21.6. The van der Waals surface area contributed by atoms with Crippen LogP contribution in [0.15, 0.2) is 24.3 Å². The van der Waals surface area contributed by atoms with Crippen molar-refractivity contribution >= 4 is 22.1 Å². The SMILES string of the molecule is CCCCCCCCCCCCCCCCCCCOC(=O)c1ccccc1C(=O)OC(C)S(=O)(=O)[O-].[Na+]. The number of esters is 2. The van der Waals surface area contributed by atoms with Gasteiger partial charge in [-0.1, -0.05) is 122 Å². The van der Waals surface area contributed by atoms with Gasteiger partial charge < -0.3 is 14.0 Å². The van der Waals surface area contributed by atoms with Crippen LogP contribution in [0.25, 0.3) is 0 Å². The summed E-state index contributed by atoms with van der Waals surface area (Å²) in [5.41, 5.74) is -2.00. The first-order valence-electron chi connectivity index (χ1n) is 14.2. The average Bonchev–Trinajstić information content (AvgIpc) is 2.87. The fraction of sp³-hybridized carbons (Fsp3) is 0.724. The van der Waals surface area contributed by atoms with Crippen LogP contribution in [0.1, 0.15) is 144 Å². The predicted molar refractivity (Wildman–Crippen MR) is 145 cm³/mol. The van der Waals surface area contributed by atoms with E-state index in [-0.39, 0.29) is 47.3 Å². The van der Waals surface area contributed by atoms with Crippen molar-refractivity contribution in [3.8, 4) is 0 Å². The fourth-order valence-electron chi connectivity index (χ4n) is 4.18. The molecule has 0 radical (unpaired) electrons. The number of hydrogen-bond acceptors (Lipinski definition) is 7. The van der Waals surface area contributed by atoms with Gasteiger partial charge in [0, 0.05) is 0 Å². The van der Waals surface area contributed by atoms with E-state index in [0.29, 0.717) is 0 Å². The van der Waals surface area contributed by atoms with Gasteiger partial charge in [-0.15, -0.1) is 0 Å². The van der Waals surface area contributed by atoms with Crippen molar-refractivity contribution in [3.63, 3.8) is 0 Å². The van der Waals surface area contributed by atoms with E-state index >= 15 is 0 Å². The minimum absolute atomic E-state index is 0. The summed E-state index contributed by atoms with van der Waals surface area (Å²) in [5.74, 6) is -1.74. The summed E-state index contributed by atoms with van der Waals surface area (Å²) in [6, 6.07) is 5.82. The van der Waals surface area contributed by atoms with Crippen molar-refractivity contribution < 1.29 is 61.6 Å². The molecule has 1 atom stereocenters.